The fourth-order valence-corrected chi connectivity index (χ4v) is 8.25. The summed E-state index contributed by atoms with van der Waals surface area (Å²) in [5.41, 5.74) is 4.15. The van der Waals surface area contributed by atoms with Gasteiger partial charge in [-0.05, 0) is 62.2 Å². The molecule has 1 unspecified atom stereocenters. The molecule has 280 valence electrons. The Morgan fingerprint density at radius 2 is 1.57 bits per heavy atom. The minimum atomic E-state index is -0.876. The zero-order valence-electron chi connectivity index (χ0n) is 30.6. The third-order valence-corrected chi connectivity index (χ3v) is 11.5. The van der Waals surface area contributed by atoms with Crippen molar-refractivity contribution in [3.05, 3.63) is 41.0 Å². The molecule has 0 radical (unpaired) electrons. The number of piperidine rings is 1. The number of carboxylic acid groups (broad SMARTS) is 1. The van der Waals surface area contributed by atoms with E-state index in [-0.39, 0.29) is 49.8 Å². The van der Waals surface area contributed by atoms with Crippen LogP contribution in [0.15, 0.2) is 29.8 Å². The zero-order valence-corrected chi connectivity index (χ0v) is 31.5. The van der Waals surface area contributed by atoms with Crippen LogP contribution in [0.25, 0.3) is 10.4 Å². The number of rotatable bonds is 12. The number of aliphatic hydroxyl groups is 1. The number of carboxylic acids is 1. The molecule has 3 amide bonds. The number of thiazole rings is 1. The first-order valence-electron chi connectivity index (χ1n) is 18.2. The van der Waals surface area contributed by atoms with Crippen molar-refractivity contribution in [1.29, 1.82) is 0 Å². The lowest BCUT2D eigenvalue weighted by molar-refractivity contribution is -0.144. The molecule has 5 rings (SSSR count). The fourth-order valence-electron chi connectivity index (χ4n) is 7.44. The molecule has 13 nitrogen and oxygen atoms in total. The van der Waals surface area contributed by atoms with Crippen LogP contribution in [0.3, 0.4) is 0 Å². The Balaban J connectivity index is 1.12. The van der Waals surface area contributed by atoms with Gasteiger partial charge in [0, 0.05) is 45.7 Å². The number of amides is 3. The first-order valence-corrected chi connectivity index (χ1v) is 19.0. The minimum absolute atomic E-state index is 0.0250. The van der Waals surface area contributed by atoms with E-state index >= 15 is 0 Å². The topological polar surface area (TPSA) is 159 Å². The highest BCUT2D eigenvalue weighted by molar-refractivity contribution is 7.13. The lowest BCUT2D eigenvalue weighted by atomic mass is 9.85. The molecule has 4 heterocycles. The van der Waals surface area contributed by atoms with Crippen molar-refractivity contribution >= 4 is 35.0 Å². The van der Waals surface area contributed by atoms with Gasteiger partial charge in [0.05, 0.1) is 41.3 Å². The summed E-state index contributed by atoms with van der Waals surface area (Å²) < 4.78 is 0. The number of carbonyl (C=O) groups is 4. The standard InChI is InChI=1S/C37H55N7O6S/c1-24(27-6-8-28(9-7-27)33-25(2)38-23-51-33)39-35(49)30-18-29(45)20-44(30)36(50)34(37(3,4)5)40-31(46)21-43-16-14-42(15-17-43)19-26-10-12-41(13-11-26)22-32(47)48/h6-9,23-24,26,29-30,34,45H,10-22H2,1-5H3,(H,39,49)(H,40,46)(H,47,48)/t24-,29+,30?,34+/m0/s1. The van der Waals surface area contributed by atoms with Crippen LogP contribution in [-0.4, -0.2) is 142 Å². The predicted octanol–water partition coefficient (Wildman–Crippen LogP) is 2.20. The van der Waals surface area contributed by atoms with Gasteiger partial charge >= 0.3 is 5.97 Å². The molecule has 0 aliphatic carbocycles. The van der Waals surface area contributed by atoms with Gasteiger partial charge in [0.1, 0.15) is 12.1 Å². The molecule has 14 heteroatoms. The van der Waals surface area contributed by atoms with E-state index in [2.05, 4.69) is 25.4 Å². The smallest absolute Gasteiger partial charge is 0.317 e. The highest BCUT2D eigenvalue weighted by Crippen LogP contribution is 2.30. The van der Waals surface area contributed by atoms with Crippen LogP contribution in [0.4, 0.5) is 0 Å². The van der Waals surface area contributed by atoms with Crippen molar-refractivity contribution in [2.45, 2.75) is 78.1 Å². The normalized spacial score (nSPS) is 22.4. The van der Waals surface area contributed by atoms with E-state index in [1.54, 1.807) is 11.3 Å². The Morgan fingerprint density at radius 1 is 0.941 bits per heavy atom. The molecule has 2 aromatic rings. The highest BCUT2D eigenvalue weighted by atomic mass is 32.1. The number of aryl methyl sites for hydroxylation is 1. The fraction of sp³-hybridized carbons (Fsp3) is 0.649. The van der Waals surface area contributed by atoms with Crippen molar-refractivity contribution in [3.63, 3.8) is 0 Å². The van der Waals surface area contributed by atoms with Crippen LogP contribution in [-0.2, 0) is 19.2 Å². The van der Waals surface area contributed by atoms with Crippen LogP contribution in [0.2, 0.25) is 0 Å². The lowest BCUT2D eigenvalue weighted by Gasteiger charge is -2.39. The van der Waals surface area contributed by atoms with Gasteiger partial charge in [0.15, 0.2) is 0 Å². The second-order valence-electron chi connectivity index (χ2n) is 15.6. The highest BCUT2D eigenvalue weighted by Gasteiger charge is 2.45. The Kier molecular flexibility index (Phi) is 12.9. The molecule has 1 aromatic carbocycles. The Hall–Kier alpha value is -3.43. The quantitative estimate of drug-likeness (QED) is 0.256. The van der Waals surface area contributed by atoms with E-state index in [0.717, 1.165) is 80.4 Å². The zero-order chi connectivity index (χ0) is 36.9. The molecule has 3 aliphatic rings. The van der Waals surface area contributed by atoms with Crippen molar-refractivity contribution in [2.24, 2.45) is 11.3 Å². The number of benzene rings is 1. The monoisotopic (exact) mass is 725 g/mol. The first kappa shape index (κ1) is 38.8. The van der Waals surface area contributed by atoms with Crippen molar-refractivity contribution in [1.82, 2.24) is 35.2 Å². The number of carbonyl (C=O) groups excluding carboxylic acids is 3. The van der Waals surface area contributed by atoms with Crippen LogP contribution >= 0.6 is 11.3 Å². The second kappa shape index (κ2) is 16.9. The average molecular weight is 726 g/mol. The van der Waals surface area contributed by atoms with E-state index in [1.165, 1.54) is 4.90 Å². The molecule has 51 heavy (non-hydrogen) atoms. The first-order chi connectivity index (χ1) is 24.2. The third-order valence-electron chi connectivity index (χ3n) is 10.5. The van der Waals surface area contributed by atoms with Gasteiger partial charge in [0.25, 0.3) is 0 Å². The van der Waals surface area contributed by atoms with Crippen molar-refractivity contribution < 1.29 is 29.4 Å². The number of piperazine rings is 1. The van der Waals surface area contributed by atoms with Gasteiger partial charge in [-0.1, -0.05) is 45.0 Å². The molecule has 3 aliphatic heterocycles. The summed E-state index contributed by atoms with van der Waals surface area (Å²) in [7, 11) is 0. The maximum atomic E-state index is 14.1. The number of aromatic nitrogens is 1. The predicted molar refractivity (Wildman–Crippen MR) is 196 cm³/mol. The van der Waals surface area contributed by atoms with E-state index in [4.69, 9.17) is 5.11 Å². The lowest BCUT2D eigenvalue weighted by Crippen LogP contribution is -2.59. The number of nitrogens with zero attached hydrogens (tertiary/aromatic N) is 5. The van der Waals surface area contributed by atoms with Gasteiger partial charge in [-0.2, -0.15) is 0 Å². The van der Waals surface area contributed by atoms with Gasteiger partial charge < -0.3 is 30.6 Å². The summed E-state index contributed by atoms with van der Waals surface area (Å²) in [6.07, 6.45) is 1.28. The van der Waals surface area contributed by atoms with Crippen molar-refractivity contribution in [2.75, 3.05) is 65.4 Å². The Labute approximate surface area is 305 Å². The Bertz CT molecular complexity index is 1510. The van der Waals surface area contributed by atoms with Crippen LogP contribution in [0.5, 0.6) is 0 Å². The summed E-state index contributed by atoms with van der Waals surface area (Å²) >= 11 is 1.58. The molecule has 0 saturated carbocycles. The molecule has 4 N–H and O–H groups in total. The molecule has 0 bridgehead atoms. The van der Waals surface area contributed by atoms with Crippen LogP contribution in [0.1, 0.15) is 64.3 Å². The molecule has 0 spiro atoms. The van der Waals surface area contributed by atoms with Crippen LogP contribution < -0.4 is 10.6 Å². The number of β-amino-alcohol motifs (C(OH)–C–C–N with tert-alkyl or cyclic N) is 1. The van der Waals surface area contributed by atoms with E-state index in [1.807, 2.05) is 69.3 Å². The summed E-state index contributed by atoms with van der Waals surface area (Å²) in [6, 6.07) is 5.94. The molecule has 3 fully saturated rings. The second-order valence-corrected chi connectivity index (χ2v) is 16.4. The Morgan fingerprint density at radius 3 is 2.16 bits per heavy atom. The van der Waals surface area contributed by atoms with Gasteiger partial charge in [-0.3, -0.25) is 29.0 Å². The molecule has 3 saturated heterocycles. The molecular weight excluding hydrogens is 671 g/mol. The number of likely N-dealkylation sites (tertiary alicyclic amines) is 2. The molecule has 1 aromatic heterocycles. The SMILES string of the molecule is Cc1ncsc1-c1ccc([C@H](C)NC(=O)C2C[C@@H](O)CN2C(=O)[C@@H](NC(=O)CN2CCN(CC3CCN(CC(=O)O)CC3)CC2)C(C)(C)C)cc1. The number of hydrogen-bond donors (Lipinski definition) is 4. The number of aliphatic hydroxyl groups excluding tert-OH is 1. The summed E-state index contributed by atoms with van der Waals surface area (Å²) in [6.45, 7) is 15.6. The number of nitrogens with one attached hydrogen (secondary N) is 2. The van der Waals surface area contributed by atoms with Gasteiger partial charge in [0.2, 0.25) is 17.7 Å². The van der Waals surface area contributed by atoms with E-state index in [0.29, 0.717) is 5.92 Å². The summed E-state index contributed by atoms with van der Waals surface area (Å²) in [4.78, 5) is 65.5. The van der Waals surface area contributed by atoms with E-state index < -0.39 is 29.6 Å². The van der Waals surface area contributed by atoms with Crippen LogP contribution in [0, 0.1) is 18.3 Å². The van der Waals surface area contributed by atoms with E-state index in [9.17, 15) is 24.3 Å². The molecule has 4 atom stereocenters. The summed E-state index contributed by atoms with van der Waals surface area (Å²) in [5, 5.41) is 25.7. The minimum Gasteiger partial charge on any atom is -0.480 e. The molecular formula is C37H55N7O6S. The summed E-state index contributed by atoms with van der Waals surface area (Å²) in [5.74, 6) is -1.18. The number of aliphatic carboxylic acids is 1. The number of hydrogen-bond acceptors (Lipinski definition) is 10. The van der Waals surface area contributed by atoms with Crippen molar-refractivity contribution in [3.8, 4) is 10.4 Å². The third kappa shape index (κ3) is 10.3. The van der Waals surface area contributed by atoms with Gasteiger partial charge in [-0.15, -0.1) is 11.3 Å². The van der Waals surface area contributed by atoms with Gasteiger partial charge in [-0.25, -0.2) is 4.98 Å². The maximum absolute atomic E-state index is 14.1. The average Bonchev–Trinajstić information content (AvgIpc) is 3.69. The maximum Gasteiger partial charge on any atom is 0.317 e. The largest absolute Gasteiger partial charge is 0.480 e.